The number of aromatic nitrogens is 2. The Balaban J connectivity index is 1.94. The van der Waals surface area contributed by atoms with Gasteiger partial charge < -0.3 is 10.6 Å². The van der Waals surface area contributed by atoms with Gasteiger partial charge in [-0.1, -0.05) is 6.92 Å². The number of anilines is 2. The lowest BCUT2D eigenvalue weighted by Crippen LogP contribution is -2.21. The first-order valence-corrected chi connectivity index (χ1v) is 7.91. The Hall–Kier alpha value is -1.70. The van der Waals surface area contributed by atoms with Gasteiger partial charge in [0.15, 0.2) is 15.7 Å². The third-order valence-electron chi connectivity index (χ3n) is 2.84. The highest BCUT2D eigenvalue weighted by Crippen LogP contribution is 2.16. The van der Waals surface area contributed by atoms with E-state index in [0.717, 1.165) is 0 Å². The van der Waals surface area contributed by atoms with Crippen molar-refractivity contribution in [1.29, 1.82) is 0 Å². The molecule has 2 N–H and O–H groups in total. The summed E-state index contributed by atoms with van der Waals surface area (Å²) in [5, 5.41) is 13.4. The molecule has 1 amide bonds. The predicted molar refractivity (Wildman–Crippen MR) is 71.6 cm³/mol. The van der Waals surface area contributed by atoms with Gasteiger partial charge in [-0.15, -0.1) is 10.2 Å². The highest BCUT2D eigenvalue weighted by Gasteiger charge is 2.27. The third-order valence-corrected chi connectivity index (χ3v) is 4.61. The molecular weight excluding hydrogens is 268 g/mol. The molecule has 0 aromatic carbocycles. The molecule has 0 radical (unpaired) electrons. The largest absolute Gasteiger partial charge is 0.365 e. The van der Waals surface area contributed by atoms with Crippen molar-refractivity contribution in [2.24, 2.45) is 0 Å². The Kier molecular flexibility index (Phi) is 3.98. The fourth-order valence-corrected chi connectivity index (χ4v) is 3.50. The van der Waals surface area contributed by atoms with Crippen molar-refractivity contribution in [1.82, 2.24) is 10.2 Å². The first kappa shape index (κ1) is 13.7. The summed E-state index contributed by atoms with van der Waals surface area (Å²) in [5.74, 6) is 1.11. The molecule has 104 valence electrons. The van der Waals surface area contributed by atoms with Gasteiger partial charge >= 0.3 is 0 Å². The Morgan fingerprint density at radius 3 is 2.58 bits per heavy atom. The highest BCUT2D eigenvalue weighted by atomic mass is 32.2. The topological polar surface area (TPSA) is 101 Å². The van der Waals surface area contributed by atoms with E-state index < -0.39 is 9.84 Å². The van der Waals surface area contributed by atoms with E-state index in [0.29, 0.717) is 24.5 Å². The van der Waals surface area contributed by atoms with Crippen LogP contribution in [-0.2, 0) is 14.6 Å². The van der Waals surface area contributed by atoms with E-state index in [1.54, 1.807) is 19.1 Å². The van der Waals surface area contributed by atoms with E-state index in [-0.39, 0.29) is 23.5 Å². The Morgan fingerprint density at radius 2 is 2.05 bits per heavy atom. The summed E-state index contributed by atoms with van der Waals surface area (Å²) in [6.45, 7) is 1.75. The minimum Gasteiger partial charge on any atom is -0.365 e. The normalized spacial score (nSPS) is 21.0. The lowest BCUT2D eigenvalue weighted by molar-refractivity contribution is -0.115. The zero-order valence-corrected chi connectivity index (χ0v) is 11.4. The quantitative estimate of drug-likeness (QED) is 0.831. The number of carbonyl (C=O) groups excluding carboxylic acids is 1. The van der Waals surface area contributed by atoms with Crippen LogP contribution in [0.15, 0.2) is 12.1 Å². The van der Waals surface area contributed by atoms with Gasteiger partial charge in [-0.2, -0.15) is 0 Å². The first-order chi connectivity index (χ1) is 8.98. The molecule has 1 fully saturated rings. The van der Waals surface area contributed by atoms with E-state index in [2.05, 4.69) is 20.8 Å². The van der Waals surface area contributed by atoms with Crippen LogP contribution in [-0.4, -0.2) is 42.1 Å². The van der Waals surface area contributed by atoms with Crippen LogP contribution < -0.4 is 10.6 Å². The van der Waals surface area contributed by atoms with Gasteiger partial charge in [-0.3, -0.25) is 4.79 Å². The second-order valence-corrected chi connectivity index (χ2v) is 6.68. The average molecular weight is 284 g/mol. The zero-order valence-electron chi connectivity index (χ0n) is 10.6. The van der Waals surface area contributed by atoms with Crippen molar-refractivity contribution in [3.05, 3.63) is 12.1 Å². The van der Waals surface area contributed by atoms with E-state index in [4.69, 9.17) is 0 Å². The van der Waals surface area contributed by atoms with Crippen LogP contribution in [0, 0.1) is 0 Å². The van der Waals surface area contributed by atoms with Crippen LogP contribution in [0.3, 0.4) is 0 Å². The molecule has 19 heavy (non-hydrogen) atoms. The monoisotopic (exact) mass is 284 g/mol. The van der Waals surface area contributed by atoms with E-state index >= 15 is 0 Å². The fraction of sp³-hybridized carbons (Fsp3) is 0.545. The molecule has 1 aliphatic heterocycles. The lowest BCUT2D eigenvalue weighted by atomic mass is 10.2. The van der Waals surface area contributed by atoms with Crippen LogP contribution in [0.4, 0.5) is 11.6 Å². The number of hydrogen-bond donors (Lipinski definition) is 2. The number of sulfone groups is 1. The Bertz CT molecular complexity index is 556. The summed E-state index contributed by atoms with van der Waals surface area (Å²) in [7, 11) is -2.91. The van der Waals surface area contributed by atoms with Gasteiger partial charge in [-0.25, -0.2) is 8.42 Å². The third kappa shape index (κ3) is 3.88. The molecule has 2 heterocycles. The zero-order chi connectivity index (χ0) is 13.9. The number of nitrogens with zero attached hydrogens (tertiary/aromatic N) is 2. The predicted octanol–water partition coefficient (Wildman–Crippen LogP) is 0.424. The summed E-state index contributed by atoms with van der Waals surface area (Å²) >= 11 is 0. The summed E-state index contributed by atoms with van der Waals surface area (Å²) in [6.07, 6.45) is 0.958. The number of rotatable bonds is 4. The first-order valence-electron chi connectivity index (χ1n) is 6.09. The maximum atomic E-state index is 11.3. The van der Waals surface area contributed by atoms with Crippen molar-refractivity contribution in [3.8, 4) is 0 Å². The summed E-state index contributed by atoms with van der Waals surface area (Å²) in [4.78, 5) is 11.2. The average Bonchev–Trinajstić information content (AvgIpc) is 2.71. The number of hydrogen-bond acceptors (Lipinski definition) is 6. The molecule has 1 saturated heterocycles. The molecule has 8 heteroatoms. The molecule has 0 bridgehead atoms. The van der Waals surface area contributed by atoms with Gasteiger partial charge in [-0.05, 0) is 18.6 Å². The van der Waals surface area contributed by atoms with Crippen LogP contribution in [0.5, 0.6) is 0 Å². The van der Waals surface area contributed by atoms with Gasteiger partial charge in [0.05, 0.1) is 11.5 Å². The van der Waals surface area contributed by atoms with E-state index in [1.165, 1.54) is 0 Å². The van der Waals surface area contributed by atoms with Gasteiger partial charge in [0, 0.05) is 12.5 Å². The summed E-state index contributed by atoms with van der Waals surface area (Å²) < 4.78 is 22.6. The Morgan fingerprint density at radius 1 is 1.37 bits per heavy atom. The molecular formula is C11H16N4O3S. The molecule has 0 aliphatic carbocycles. The minimum atomic E-state index is -2.91. The molecule has 7 nitrogen and oxygen atoms in total. The molecule has 1 atom stereocenters. The molecule has 1 aliphatic rings. The molecule has 0 saturated carbocycles. The fourth-order valence-electron chi connectivity index (χ4n) is 1.83. The van der Waals surface area contributed by atoms with Crippen molar-refractivity contribution in [2.75, 3.05) is 22.1 Å². The molecule has 1 aromatic heterocycles. The minimum absolute atomic E-state index is 0.115. The number of nitrogens with one attached hydrogen (secondary N) is 2. The van der Waals surface area contributed by atoms with E-state index in [1.807, 2.05) is 0 Å². The van der Waals surface area contributed by atoms with Crippen molar-refractivity contribution >= 4 is 27.4 Å². The SMILES string of the molecule is CCC(=O)Nc1ccc(NC2CCS(=O)(=O)C2)nn1. The van der Waals surface area contributed by atoms with Gasteiger partial charge in [0.25, 0.3) is 0 Å². The van der Waals surface area contributed by atoms with Crippen molar-refractivity contribution < 1.29 is 13.2 Å². The van der Waals surface area contributed by atoms with Crippen LogP contribution in [0.2, 0.25) is 0 Å². The standard InChI is InChI=1S/C11H16N4O3S/c1-2-11(16)13-10-4-3-9(14-15-10)12-8-5-6-19(17,18)7-8/h3-4,8H,2,5-7H2,1H3,(H,12,14)(H,13,15,16). The van der Waals surface area contributed by atoms with Crippen molar-refractivity contribution in [3.63, 3.8) is 0 Å². The van der Waals surface area contributed by atoms with Gasteiger partial charge in [0.1, 0.15) is 5.82 Å². The second-order valence-electron chi connectivity index (χ2n) is 4.45. The van der Waals surface area contributed by atoms with Crippen LogP contribution in [0.25, 0.3) is 0 Å². The van der Waals surface area contributed by atoms with E-state index in [9.17, 15) is 13.2 Å². The molecule has 1 unspecified atom stereocenters. The lowest BCUT2D eigenvalue weighted by Gasteiger charge is -2.11. The summed E-state index contributed by atoms with van der Waals surface area (Å²) in [5.41, 5.74) is 0. The highest BCUT2D eigenvalue weighted by molar-refractivity contribution is 7.91. The smallest absolute Gasteiger partial charge is 0.225 e. The second kappa shape index (κ2) is 5.52. The molecule has 2 rings (SSSR count). The number of carbonyl (C=O) groups is 1. The number of amides is 1. The molecule has 0 spiro atoms. The van der Waals surface area contributed by atoms with Crippen molar-refractivity contribution in [2.45, 2.75) is 25.8 Å². The van der Waals surface area contributed by atoms with Gasteiger partial charge in [0.2, 0.25) is 5.91 Å². The van der Waals surface area contributed by atoms with Crippen LogP contribution >= 0.6 is 0 Å². The molecule has 1 aromatic rings. The van der Waals surface area contributed by atoms with Crippen LogP contribution in [0.1, 0.15) is 19.8 Å². The Labute approximate surface area is 111 Å². The maximum Gasteiger partial charge on any atom is 0.225 e. The summed E-state index contributed by atoms with van der Waals surface area (Å²) in [6, 6.07) is 3.19. The maximum absolute atomic E-state index is 11.3.